The van der Waals surface area contributed by atoms with Crippen LogP contribution in [0.3, 0.4) is 0 Å². The Morgan fingerprint density at radius 2 is 1.38 bits per heavy atom. The Morgan fingerprint density at radius 3 is 1.86 bits per heavy atom. The molecule has 2 aromatic rings. The number of hydrogen-bond acceptors (Lipinski definition) is 4. The van der Waals surface area contributed by atoms with Crippen molar-refractivity contribution in [2.24, 2.45) is 5.73 Å². The molecule has 0 radical (unpaired) electrons. The Bertz CT molecular complexity index is 632. The maximum Gasteiger partial charge on any atom is 0.225 e. The van der Waals surface area contributed by atoms with E-state index in [1.165, 1.54) is 0 Å². The summed E-state index contributed by atoms with van der Waals surface area (Å²) in [5.74, 6) is 1.05. The second-order valence-corrected chi connectivity index (χ2v) is 4.37. The number of methoxy groups -OCH3 is 1. The van der Waals surface area contributed by atoms with Crippen molar-refractivity contribution < 1.29 is 19.1 Å². The largest absolute Gasteiger partial charge is 0.497 e. The summed E-state index contributed by atoms with van der Waals surface area (Å²) in [5.41, 5.74) is 5.42. The van der Waals surface area contributed by atoms with E-state index in [2.05, 4.69) is 0 Å². The molecule has 2 aromatic carbocycles. The molecule has 108 valence electrons. The number of carbonyl (C=O) groups excluding carboxylic acids is 2. The third-order valence-electron chi connectivity index (χ3n) is 2.81. The molecule has 0 saturated carbocycles. The predicted molar refractivity (Wildman–Crippen MR) is 77.7 cm³/mol. The molecule has 21 heavy (non-hydrogen) atoms. The van der Waals surface area contributed by atoms with Crippen molar-refractivity contribution in [2.45, 2.75) is 6.42 Å². The average molecular weight is 285 g/mol. The summed E-state index contributed by atoms with van der Waals surface area (Å²) in [4.78, 5) is 22.3. The molecule has 0 aliphatic carbocycles. The van der Waals surface area contributed by atoms with Crippen LogP contribution in [0.2, 0.25) is 0 Å². The minimum absolute atomic E-state index is 0.293. The molecule has 5 heteroatoms. The van der Waals surface area contributed by atoms with Gasteiger partial charge in [0.1, 0.15) is 17.2 Å². The topological polar surface area (TPSA) is 78.6 Å². The quantitative estimate of drug-likeness (QED) is 0.653. The molecule has 0 aromatic heterocycles. The summed E-state index contributed by atoms with van der Waals surface area (Å²) in [6, 6.07) is 13.7. The summed E-state index contributed by atoms with van der Waals surface area (Å²) in [7, 11) is 1.59. The summed E-state index contributed by atoms with van der Waals surface area (Å²) in [5, 5.41) is 0. The van der Waals surface area contributed by atoms with Gasteiger partial charge in [-0.05, 0) is 48.5 Å². The van der Waals surface area contributed by atoms with Gasteiger partial charge in [0.2, 0.25) is 5.91 Å². The number of ether oxygens (including phenoxy) is 2. The molecule has 0 aliphatic rings. The molecule has 2 rings (SSSR count). The van der Waals surface area contributed by atoms with Crippen molar-refractivity contribution in [1.82, 2.24) is 0 Å². The summed E-state index contributed by atoms with van der Waals surface area (Å²) in [6.07, 6.45) is -0.293. The van der Waals surface area contributed by atoms with Gasteiger partial charge >= 0.3 is 0 Å². The number of ketones is 1. The zero-order valence-corrected chi connectivity index (χ0v) is 11.5. The van der Waals surface area contributed by atoms with E-state index in [1.807, 2.05) is 0 Å². The summed E-state index contributed by atoms with van der Waals surface area (Å²) >= 11 is 0. The molecule has 2 N–H and O–H groups in total. The number of nitrogens with two attached hydrogens (primary N) is 1. The highest BCUT2D eigenvalue weighted by atomic mass is 16.5. The maximum absolute atomic E-state index is 11.6. The number of carbonyl (C=O) groups is 2. The molecular weight excluding hydrogens is 270 g/mol. The van der Waals surface area contributed by atoms with Gasteiger partial charge in [0.05, 0.1) is 13.5 Å². The Kier molecular flexibility index (Phi) is 4.56. The van der Waals surface area contributed by atoms with E-state index in [9.17, 15) is 9.59 Å². The highest BCUT2D eigenvalue weighted by Gasteiger charge is 2.09. The van der Waals surface area contributed by atoms with Crippen molar-refractivity contribution in [3.05, 3.63) is 54.1 Å². The lowest BCUT2D eigenvalue weighted by Gasteiger charge is -2.07. The van der Waals surface area contributed by atoms with Crippen molar-refractivity contribution in [3.63, 3.8) is 0 Å². The van der Waals surface area contributed by atoms with E-state index in [1.54, 1.807) is 55.6 Å². The lowest BCUT2D eigenvalue weighted by Crippen LogP contribution is -2.16. The van der Waals surface area contributed by atoms with E-state index < -0.39 is 5.91 Å². The summed E-state index contributed by atoms with van der Waals surface area (Å²) < 4.78 is 10.7. The molecule has 0 bridgehead atoms. The van der Waals surface area contributed by atoms with Crippen LogP contribution in [0.1, 0.15) is 16.8 Å². The van der Waals surface area contributed by atoms with Crippen molar-refractivity contribution in [2.75, 3.05) is 7.11 Å². The highest BCUT2D eigenvalue weighted by Crippen LogP contribution is 2.24. The lowest BCUT2D eigenvalue weighted by atomic mass is 10.1. The zero-order valence-electron chi connectivity index (χ0n) is 11.5. The van der Waals surface area contributed by atoms with Gasteiger partial charge in [0.25, 0.3) is 0 Å². The van der Waals surface area contributed by atoms with Gasteiger partial charge in [0.15, 0.2) is 5.78 Å². The SMILES string of the molecule is COc1ccc(Oc2ccc(C(=O)CC(N)=O)cc2)cc1. The standard InChI is InChI=1S/C16H15NO4/c1-20-12-6-8-14(9-7-12)21-13-4-2-11(3-5-13)15(18)10-16(17)19/h2-9H,10H2,1H3,(H2,17,19). The highest BCUT2D eigenvalue weighted by molar-refractivity contribution is 6.06. The first-order chi connectivity index (χ1) is 10.1. The molecule has 0 atom stereocenters. The normalized spacial score (nSPS) is 9.95. The van der Waals surface area contributed by atoms with Crippen LogP contribution >= 0.6 is 0 Å². The van der Waals surface area contributed by atoms with Crippen LogP contribution in [0, 0.1) is 0 Å². The molecule has 0 unspecified atom stereocenters. The number of amides is 1. The van der Waals surface area contributed by atoms with Gasteiger partial charge in [0, 0.05) is 5.56 Å². The zero-order chi connectivity index (χ0) is 15.2. The lowest BCUT2D eigenvalue weighted by molar-refractivity contribution is -0.117. The van der Waals surface area contributed by atoms with Crippen LogP contribution in [-0.4, -0.2) is 18.8 Å². The van der Waals surface area contributed by atoms with Crippen molar-refractivity contribution in [3.8, 4) is 17.2 Å². The molecule has 1 amide bonds. The Labute approximate surface area is 122 Å². The van der Waals surface area contributed by atoms with Gasteiger partial charge in [-0.15, -0.1) is 0 Å². The second-order valence-electron chi connectivity index (χ2n) is 4.37. The molecule has 0 saturated heterocycles. The summed E-state index contributed by atoms with van der Waals surface area (Å²) in [6.45, 7) is 0. The fourth-order valence-electron chi connectivity index (χ4n) is 1.75. The number of benzene rings is 2. The van der Waals surface area contributed by atoms with Gasteiger partial charge in [-0.1, -0.05) is 0 Å². The van der Waals surface area contributed by atoms with Gasteiger partial charge in [-0.2, -0.15) is 0 Å². The van der Waals surface area contributed by atoms with Crippen LogP contribution < -0.4 is 15.2 Å². The third-order valence-corrected chi connectivity index (χ3v) is 2.81. The molecule has 0 aliphatic heterocycles. The first-order valence-electron chi connectivity index (χ1n) is 6.32. The molecular formula is C16H15NO4. The molecule has 0 heterocycles. The molecule has 0 spiro atoms. The van der Waals surface area contributed by atoms with Gasteiger partial charge < -0.3 is 15.2 Å². The van der Waals surface area contributed by atoms with E-state index >= 15 is 0 Å². The maximum atomic E-state index is 11.6. The minimum atomic E-state index is -0.640. The van der Waals surface area contributed by atoms with E-state index in [-0.39, 0.29) is 12.2 Å². The number of Topliss-reactive ketones (excluding diaryl/α,β-unsaturated/α-hetero) is 1. The Morgan fingerprint density at radius 1 is 0.905 bits per heavy atom. The van der Waals surface area contributed by atoms with Gasteiger partial charge in [-0.25, -0.2) is 0 Å². The Balaban J connectivity index is 2.04. The minimum Gasteiger partial charge on any atom is -0.497 e. The van der Waals surface area contributed by atoms with Crippen LogP contribution in [0.4, 0.5) is 0 Å². The van der Waals surface area contributed by atoms with E-state index in [0.29, 0.717) is 17.1 Å². The second kappa shape index (κ2) is 6.56. The monoisotopic (exact) mass is 285 g/mol. The van der Waals surface area contributed by atoms with Crippen molar-refractivity contribution >= 4 is 11.7 Å². The first-order valence-corrected chi connectivity index (χ1v) is 6.32. The smallest absolute Gasteiger partial charge is 0.225 e. The first kappa shape index (κ1) is 14.6. The van der Waals surface area contributed by atoms with E-state index in [0.717, 1.165) is 5.75 Å². The predicted octanol–water partition coefficient (Wildman–Crippen LogP) is 2.55. The fraction of sp³-hybridized carbons (Fsp3) is 0.125. The third kappa shape index (κ3) is 4.07. The van der Waals surface area contributed by atoms with Crippen molar-refractivity contribution in [1.29, 1.82) is 0 Å². The van der Waals surface area contributed by atoms with Crippen LogP contribution in [0.25, 0.3) is 0 Å². The molecule has 5 nitrogen and oxygen atoms in total. The van der Waals surface area contributed by atoms with E-state index in [4.69, 9.17) is 15.2 Å². The number of hydrogen-bond donors (Lipinski definition) is 1. The Hall–Kier alpha value is -2.82. The van der Waals surface area contributed by atoms with Gasteiger partial charge in [-0.3, -0.25) is 9.59 Å². The molecule has 0 fully saturated rings. The number of primary amides is 1. The van der Waals surface area contributed by atoms with Crippen LogP contribution in [0.5, 0.6) is 17.2 Å². The van der Waals surface area contributed by atoms with Crippen LogP contribution in [0.15, 0.2) is 48.5 Å². The van der Waals surface area contributed by atoms with Crippen LogP contribution in [-0.2, 0) is 4.79 Å². The average Bonchev–Trinajstić information content (AvgIpc) is 2.48. The number of rotatable bonds is 6. The fourth-order valence-corrected chi connectivity index (χ4v) is 1.75.